The Morgan fingerprint density at radius 3 is 2.53 bits per heavy atom. The Bertz CT molecular complexity index is 1720. The number of nitrogens with zero attached hydrogens (tertiary/aromatic N) is 5. The number of hydrogen-bond acceptors (Lipinski definition) is 11. The summed E-state index contributed by atoms with van der Waals surface area (Å²) in [4.78, 5) is 39.9. The number of aryl methyl sites for hydroxylation is 1. The van der Waals surface area contributed by atoms with Gasteiger partial charge in [0.1, 0.15) is 12.6 Å². The smallest absolute Gasteiger partial charge is 0.408 e. The van der Waals surface area contributed by atoms with Gasteiger partial charge in [-0.05, 0) is 39.2 Å². The van der Waals surface area contributed by atoms with Crippen LogP contribution in [0.25, 0.3) is 0 Å². The number of carbonyl (C=O) groups excluding carboxylic acids is 3. The van der Waals surface area contributed by atoms with Crippen molar-refractivity contribution in [1.29, 1.82) is 0 Å². The van der Waals surface area contributed by atoms with E-state index in [9.17, 15) is 19.5 Å². The van der Waals surface area contributed by atoms with Crippen LogP contribution in [0.1, 0.15) is 48.0 Å². The van der Waals surface area contributed by atoms with Crippen molar-refractivity contribution in [3.8, 4) is 0 Å². The van der Waals surface area contributed by atoms with Gasteiger partial charge in [-0.15, -0.1) is 5.10 Å². The number of nitrogens with one attached hydrogen (secondary N) is 1. The first kappa shape index (κ1) is 32.3. The first-order valence-corrected chi connectivity index (χ1v) is 16.1. The molecule has 0 aliphatic carbocycles. The van der Waals surface area contributed by atoms with Gasteiger partial charge in [0.25, 0.3) is 5.91 Å². The van der Waals surface area contributed by atoms with Gasteiger partial charge in [0.2, 0.25) is 11.1 Å². The minimum atomic E-state index is -1.06. The molecule has 3 amide bonds. The summed E-state index contributed by atoms with van der Waals surface area (Å²) in [5, 5.41) is 24.4. The van der Waals surface area contributed by atoms with Crippen molar-refractivity contribution in [3.63, 3.8) is 0 Å². The van der Waals surface area contributed by atoms with E-state index in [1.165, 1.54) is 11.8 Å². The van der Waals surface area contributed by atoms with E-state index in [2.05, 4.69) is 27.8 Å². The molecular weight excluding hydrogens is 624 g/mol. The third-order valence-corrected chi connectivity index (χ3v) is 9.23. The number of amides is 3. The SMILES string of the molecule is CC1C(CSc2nnnn2C)OC(c2cccc(N3C(=O)CC(NC(=O)OCc4ccccc4)C3=O)c2)OC1c1ccc(CO)cc1. The van der Waals surface area contributed by atoms with Crippen LogP contribution < -0.4 is 10.2 Å². The number of aromatic nitrogens is 4. The molecule has 244 valence electrons. The molecule has 2 saturated heterocycles. The number of aliphatic hydroxyl groups excluding tert-OH is 1. The van der Waals surface area contributed by atoms with Gasteiger partial charge in [-0.3, -0.25) is 9.59 Å². The van der Waals surface area contributed by atoms with Crippen LogP contribution in [0.5, 0.6) is 0 Å². The fourth-order valence-corrected chi connectivity index (χ4v) is 6.56. The molecule has 0 saturated carbocycles. The van der Waals surface area contributed by atoms with Crippen LogP contribution >= 0.6 is 11.8 Å². The lowest BCUT2D eigenvalue weighted by molar-refractivity contribution is -0.268. The number of imide groups is 1. The van der Waals surface area contributed by atoms with Crippen molar-refractivity contribution in [2.75, 3.05) is 10.7 Å². The van der Waals surface area contributed by atoms with E-state index in [0.29, 0.717) is 22.2 Å². The van der Waals surface area contributed by atoms with Crippen molar-refractivity contribution in [1.82, 2.24) is 25.5 Å². The summed E-state index contributed by atoms with van der Waals surface area (Å²) < 4.78 is 19.9. The van der Waals surface area contributed by atoms with E-state index >= 15 is 0 Å². The van der Waals surface area contributed by atoms with Gasteiger partial charge in [0.05, 0.1) is 30.9 Å². The Labute approximate surface area is 275 Å². The molecule has 3 heterocycles. The lowest BCUT2D eigenvalue weighted by Gasteiger charge is -2.41. The molecule has 2 aliphatic rings. The van der Waals surface area contributed by atoms with Crippen molar-refractivity contribution in [2.24, 2.45) is 13.0 Å². The summed E-state index contributed by atoms with van der Waals surface area (Å²) in [6, 6.07) is 22.6. The van der Waals surface area contributed by atoms with Crippen LogP contribution in [0.4, 0.5) is 10.5 Å². The molecule has 2 aliphatic heterocycles. The van der Waals surface area contributed by atoms with Crippen molar-refractivity contribution >= 4 is 35.4 Å². The molecule has 47 heavy (non-hydrogen) atoms. The maximum absolute atomic E-state index is 13.4. The molecule has 14 heteroatoms. The predicted molar refractivity (Wildman–Crippen MR) is 170 cm³/mol. The third kappa shape index (κ3) is 7.36. The van der Waals surface area contributed by atoms with Gasteiger partial charge in [0.15, 0.2) is 6.29 Å². The van der Waals surface area contributed by atoms with E-state index in [1.807, 2.05) is 60.7 Å². The standard InChI is InChI=1S/C33H34N6O7S/c1-20-27(19-47-32-35-36-37-38(32)2)45-31(46-29(20)23-13-11-21(17-40)12-14-23)24-9-6-10-25(15-24)39-28(41)16-26(30(39)42)34-33(43)44-18-22-7-4-3-5-8-22/h3-15,20,26-27,29,31,40H,16-19H2,1-2H3,(H,34,43). The first-order chi connectivity index (χ1) is 22.8. The third-order valence-electron chi connectivity index (χ3n) is 8.13. The van der Waals surface area contributed by atoms with Crippen molar-refractivity contribution < 1.29 is 33.7 Å². The highest BCUT2D eigenvalue weighted by molar-refractivity contribution is 7.99. The van der Waals surface area contributed by atoms with Gasteiger partial charge in [-0.2, -0.15) is 0 Å². The Morgan fingerprint density at radius 1 is 1.02 bits per heavy atom. The number of thioether (sulfide) groups is 1. The summed E-state index contributed by atoms with van der Waals surface area (Å²) in [5.41, 5.74) is 3.46. The largest absolute Gasteiger partial charge is 0.445 e. The molecule has 3 aromatic carbocycles. The van der Waals surface area contributed by atoms with Crippen LogP contribution in [0.3, 0.4) is 0 Å². The summed E-state index contributed by atoms with van der Waals surface area (Å²) in [7, 11) is 1.77. The number of ether oxygens (including phenoxy) is 3. The highest BCUT2D eigenvalue weighted by Gasteiger charge is 2.42. The second kappa shape index (κ2) is 14.4. The lowest BCUT2D eigenvalue weighted by atomic mass is 9.91. The number of rotatable bonds is 10. The number of hydrogen-bond donors (Lipinski definition) is 2. The van der Waals surface area contributed by atoms with E-state index in [0.717, 1.165) is 21.6 Å². The average Bonchev–Trinajstić information content (AvgIpc) is 3.63. The second-order valence-corrected chi connectivity index (χ2v) is 12.3. The summed E-state index contributed by atoms with van der Waals surface area (Å²) in [6.45, 7) is 2.02. The Balaban J connectivity index is 1.18. The quantitative estimate of drug-likeness (QED) is 0.188. The zero-order chi connectivity index (χ0) is 32.9. The molecular formula is C33H34N6O7S. The monoisotopic (exact) mass is 658 g/mol. The minimum Gasteiger partial charge on any atom is -0.445 e. The highest BCUT2D eigenvalue weighted by Crippen LogP contribution is 2.43. The minimum absolute atomic E-state index is 0.0366. The normalized spacial score (nSPS) is 22.8. The molecule has 0 bridgehead atoms. The van der Waals surface area contributed by atoms with Crippen molar-refractivity contribution in [2.45, 2.75) is 56.3 Å². The van der Waals surface area contributed by atoms with E-state index in [-0.39, 0.29) is 37.8 Å². The molecule has 6 rings (SSSR count). The Hall–Kier alpha value is -4.63. The Morgan fingerprint density at radius 2 is 1.81 bits per heavy atom. The molecule has 0 radical (unpaired) electrons. The van der Waals surface area contributed by atoms with Gasteiger partial charge < -0.3 is 24.6 Å². The lowest BCUT2D eigenvalue weighted by Crippen LogP contribution is -2.42. The van der Waals surface area contributed by atoms with Gasteiger partial charge in [-0.1, -0.05) is 85.4 Å². The molecule has 5 unspecified atom stereocenters. The van der Waals surface area contributed by atoms with E-state index < -0.39 is 30.2 Å². The van der Waals surface area contributed by atoms with Crippen LogP contribution in [0.2, 0.25) is 0 Å². The second-order valence-electron chi connectivity index (χ2n) is 11.3. The number of alkyl carbamates (subject to hydrolysis) is 1. The number of benzene rings is 3. The maximum atomic E-state index is 13.4. The van der Waals surface area contributed by atoms with Gasteiger partial charge in [0, 0.05) is 24.3 Å². The maximum Gasteiger partial charge on any atom is 0.408 e. The molecule has 5 atom stereocenters. The van der Waals surface area contributed by atoms with Gasteiger partial charge >= 0.3 is 6.09 Å². The van der Waals surface area contributed by atoms with Crippen LogP contribution in [-0.2, 0) is 44.1 Å². The van der Waals surface area contributed by atoms with Crippen molar-refractivity contribution in [3.05, 3.63) is 101 Å². The van der Waals surface area contributed by atoms with Gasteiger partial charge in [-0.25, -0.2) is 14.4 Å². The van der Waals surface area contributed by atoms with Crippen LogP contribution in [0, 0.1) is 5.92 Å². The van der Waals surface area contributed by atoms with E-state index in [4.69, 9.17) is 14.2 Å². The summed E-state index contributed by atoms with van der Waals surface area (Å²) in [5.74, 6) is -0.542. The van der Waals surface area contributed by atoms with E-state index in [1.54, 1.807) is 29.9 Å². The molecule has 1 aromatic heterocycles. The molecule has 13 nitrogen and oxygen atoms in total. The average molecular weight is 659 g/mol. The topological polar surface area (TPSA) is 158 Å². The zero-order valence-corrected chi connectivity index (χ0v) is 26.6. The summed E-state index contributed by atoms with van der Waals surface area (Å²) in [6.07, 6.45) is -2.45. The van der Waals surface area contributed by atoms with Crippen LogP contribution in [-0.4, -0.2) is 61.1 Å². The highest BCUT2D eigenvalue weighted by atomic mass is 32.2. The fraction of sp³-hybridized carbons (Fsp3) is 0.333. The zero-order valence-electron chi connectivity index (χ0n) is 25.8. The predicted octanol–water partition coefficient (Wildman–Crippen LogP) is 3.84. The number of carbonyl (C=O) groups is 3. The molecule has 4 aromatic rings. The number of anilines is 1. The summed E-state index contributed by atoms with van der Waals surface area (Å²) >= 11 is 1.47. The molecule has 2 fully saturated rings. The molecule has 2 N–H and O–H groups in total. The molecule has 0 spiro atoms. The Kier molecular flexibility index (Phi) is 9.92. The number of tetrazole rings is 1. The van der Waals surface area contributed by atoms with Crippen LogP contribution in [0.15, 0.2) is 84.0 Å². The fourth-order valence-electron chi connectivity index (χ4n) is 5.54. The number of aliphatic hydroxyl groups is 1. The first-order valence-electron chi connectivity index (χ1n) is 15.1.